The predicted octanol–water partition coefficient (Wildman–Crippen LogP) is 0.318. The second kappa shape index (κ2) is 4.45. The average Bonchev–Trinajstić information content (AvgIpc) is 2.06. The molecule has 7 heteroatoms. The van der Waals surface area contributed by atoms with Gasteiger partial charge >= 0.3 is 0 Å². The molecular weight excluding hydrogens is 216 g/mol. The first-order chi connectivity index (χ1) is 6.89. The number of hydrogen-bond donors (Lipinski definition) is 3. The van der Waals surface area contributed by atoms with Gasteiger partial charge < -0.3 is 5.73 Å². The van der Waals surface area contributed by atoms with Crippen LogP contribution in [0.2, 0.25) is 0 Å². The van der Waals surface area contributed by atoms with Gasteiger partial charge in [0.15, 0.2) is 0 Å². The van der Waals surface area contributed by atoms with Crippen molar-refractivity contribution in [1.82, 2.24) is 9.71 Å². The summed E-state index contributed by atoms with van der Waals surface area (Å²) in [5.41, 5.74) is 5.74. The van der Waals surface area contributed by atoms with Crippen molar-refractivity contribution in [2.45, 2.75) is 19.9 Å². The Kier molecular flexibility index (Phi) is 3.48. The quantitative estimate of drug-likeness (QED) is 0.693. The van der Waals surface area contributed by atoms with Crippen LogP contribution in [0.15, 0.2) is 18.3 Å². The minimum atomic E-state index is -3.53. The fraction of sp³-hybridized carbons (Fsp3) is 0.375. The van der Waals surface area contributed by atoms with E-state index in [4.69, 9.17) is 5.73 Å². The summed E-state index contributed by atoms with van der Waals surface area (Å²) in [6, 6.07) is 2.90. The number of rotatable bonds is 4. The van der Waals surface area contributed by atoms with Crippen LogP contribution in [0.25, 0.3) is 0 Å². The lowest BCUT2D eigenvalue weighted by Crippen LogP contribution is -2.35. The van der Waals surface area contributed by atoms with Crippen LogP contribution in [-0.4, -0.2) is 19.4 Å². The van der Waals surface area contributed by atoms with Crippen LogP contribution in [0, 0.1) is 0 Å². The first-order valence-electron chi connectivity index (χ1n) is 4.40. The van der Waals surface area contributed by atoms with Gasteiger partial charge in [-0.25, -0.2) is 4.98 Å². The largest absolute Gasteiger partial charge is 0.384 e. The molecule has 84 valence electrons. The Hall–Kier alpha value is -1.34. The number of anilines is 2. The molecule has 0 saturated heterocycles. The van der Waals surface area contributed by atoms with Gasteiger partial charge in [0, 0.05) is 6.04 Å². The van der Waals surface area contributed by atoms with Crippen LogP contribution in [0.4, 0.5) is 11.5 Å². The van der Waals surface area contributed by atoms with Crippen molar-refractivity contribution in [2.75, 3.05) is 10.5 Å². The molecule has 0 saturated carbocycles. The number of hydrogen-bond acceptors (Lipinski definition) is 4. The van der Waals surface area contributed by atoms with Gasteiger partial charge in [-0.05, 0) is 26.0 Å². The molecule has 0 aromatic carbocycles. The minimum Gasteiger partial charge on any atom is -0.384 e. The van der Waals surface area contributed by atoms with Crippen LogP contribution in [0.1, 0.15) is 13.8 Å². The second-order valence-corrected chi connectivity index (χ2v) is 4.80. The van der Waals surface area contributed by atoms with Gasteiger partial charge in [-0.15, -0.1) is 0 Å². The van der Waals surface area contributed by atoms with Crippen LogP contribution < -0.4 is 15.2 Å². The monoisotopic (exact) mass is 230 g/mol. The third-order valence-corrected chi connectivity index (χ3v) is 2.72. The predicted molar refractivity (Wildman–Crippen MR) is 59.5 cm³/mol. The van der Waals surface area contributed by atoms with E-state index in [1.54, 1.807) is 19.9 Å². The molecule has 6 nitrogen and oxygen atoms in total. The smallest absolute Gasteiger partial charge is 0.299 e. The number of nitrogen functional groups attached to an aromatic ring is 1. The maximum atomic E-state index is 11.4. The highest BCUT2D eigenvalue weighted by molar-refractivity contribution is 7.90. The second-order valence-electron chi connectivity index (χ2n) is 3.35. The van der Waals surface area contributed by atoms with E-state index in [2.05, 4.69) is 14.4 Å². The van der Waals surface area contributed by atoms with E-state index in [-0.39, 0.29) is 6.04 Å². The summed E-state index contributed by atoms with van der Waals surface area (Å²) >= 11 is 0. The van der Waals surface area contributed by atoms with E-state index in [0.29, 0.717) is 11.5 Å². The number of nitrogens with one attached hydrogen (secondary N) is 2. The van der Waals surface area contributed by atoms with E-state index in [9.17, 15) is 8.42 Å². The first-order valence-corrected chi connectivity index (χ1v) is 5.89. The van der Waals surface area contributed by atoms with E-state index in [0.717, 1.165) is 0 Å². The molecule has 0 atom stereocenters. The molecule has 0 amide bonds. The lowest BCUT2D eigenvalue weighted by Gasteiger charge is -2.11. The molecule has 1 heterocycles. The Balaban J connectivity index is 2.73. The molecule has 4 N–H and O–H groups in total. The van der Waals surface area contributed by atoms with Gasteiger partial charge in [0.1, 0.15) is 5.82 Å². The highest BCUT2D eigenvalue weighted by atomic mass is 32.2. The number of pyridine rings is 1. The van der Waals surface area contributed by atoms with Crippen LogP contribution in [0.5, 0.6) is 0 Å². The maximum absolute atomic E-state index is 11.4. The molecule has 15 heavy (non-hydrogen) atoms. The van der Waals surface area contributed by atoms with Crippen molar-refractivity contribution in [1.29, 1.82) is 0 Å². The molecule has 1 aromatic rings. The van der Waals surface area contributed by atoms with Gasteiger partial charge in [0.05, 0.1) is 11.9 Å². The third kappa shape index (κ3) is 4.13. The topological polar surface area (TPSA) is 97.1 Å². The summed E-state index contributed by atoms with van der Waals surface area (Å²) in [4.78, 5) is 3.77. The SMILES string of the molecule is CC(C)NS(=O)(=O)Nc1ccc(N)nc1. The average molecular weight is 230 g/mol. The Morgan fingerprint density at radius 3 is 2.53 bits per heavy atom. The van der Waals surface area contributed by atoms with E-state index < -0.39 is 10.2 Å². The fourth-order valence-corrected chi connectivity index (χ4v) is 2.07. The Labute approximate surface area is 89.1 Å². The molecule has 1 rings (SSSR count). The van der Waals surface area contributed by atoms with Gasteiger partial charge in [0.2, 0.25) is 0 Å². The van der Waals surface area contributed by atoms with Crippen molar-refractivity contribution in [3.8, 4) is 0 Å². The van der Waals surface area contributed by atoms with Gasteiger partial charge in [0.25, 0.3) is 10.2 Å². The zero-order valence-corrected chi connectivity index (χ0v) is 9.38. The zero-order valence-electron chi connectivity index (χ0n) is 8.56. The highest BCUT2D eigenvalue weighted by Gasteiger charge is 2.10. The molecule has 1 aromatic heterocycles. The molecule has 0 fully saturated rings. The summed E-state index contributed by atoms with van der Waals surface area (Å²) in [5.74, 6) is 0.342. The number of nitrogens with two attached hydrogens (primary N) is 1. The number of aromatic nitrogens is 1. The summed E-state index contributed by atoms with van der Waals surface area (Å²) in [7, 11) is -3.53. The van der Waals surface area contributed by atoms with Crippen molar-refractivity contribution in [3.05, 3.63) is 18.3 Å². The van der Waals surface area contributed by atoms with Crippen molar-refractivity contribution >= 4 is 21.7 Å². The summed E-state index contributed by atoms with van der Waals surface area (Å²) < 4.78 is 27.5. The molecule has 0 bridgehead atoms. The van der Waals surface area contributed by atoms with E-state index in [1.165, 1.54) is 12.3 Å². The molecule has 0 unspecified atom stereocenters. The fourth-order valence-electron chi connectivity index (χ4n) is 0.961. The van der Waals surface area contributed by atoms with Crippen LogP contribution in [0.3, 0.4) is 0 Å². The number of nitrogens with zero attached hydrogens (tertiary/aromatic N) is 1. The highest BCUT2D eigenvalue weighted by Crippen LogP contribution is 2.08. The normalized spacial score (nSPS) is 11.7. The molecule has 0 aliphatic rings. The molecular formula is C8H14N4O2S. The van der Waals surface area contributed by atoms with Crippen LogP contribution >= 0.6 is 0 Å². The Bertz CT molecular complexity index is 413. The van der Waals surface area contributed by atoms with E-state index in [1.807, 2.05) is 0 Å². The van der Waals surface area contributed by atoms with Crippen molar-refractivity contribution in [3.63, 3.8) is 0 Å². The third-order valence-electron chi connectivity index (χ3n) is 1.43. The maximum Gasteiger partial charge on any atom is 0.299 e. The molecule has 0 spiro atoms. The van der Waals surface area contributed by atoms with Crippen LogP contribution in [-0.2, 0) is 10.2 Å². The zero-order chi connectivity index (χ0) is 11.5. The van der Waals surface area contributed by atoms with Crippen molar-refractivity contribution in [2.24, 2.45) is 0 Å². The molecule has 0 aliphatic heterocycles. The van der Waals surface area contributed by atoms with Gasteiger partial charge in [-0.1, -0.05) is 0 Å². The van der Waals surface area contributed by atoms with Gasteiger partial charge in [-0.2, -0.15) is 13.1 Å². The van der Waals surface area contributed by atoms with E-state index >= 15 is 0 Å². The Morgan fingerprint density at radius 2 is 2.07 bits per heavy atom. The van der Waals surface area contributed by atoms with Crippen molar-refractivity contribution < 1.29 is 8.42 Å². The summed E-state index contributed by atoms with van der Waals surface area (Å²) in [5, 5.41) is 0. The Morgan fingerprint density at radius 1 is 1.40 bits per heavy atom. The summed E-state index contributed by atoms with van der Waals surface area (Å²) in [6.45, 7) is 3.47. The lowest BCUT2D eigenvalue weighted by atomic mass is 10.4. The van der Waals surface area contributed by atoms with Gasteiger partial charge in [-0.3, -0.25) is 4.72 Å². The minimum absolute atomic E-state index is 0.163. The molecule has 0 radical (unpaired) electrons. The first kappa shape index (κ1) is 11.7. The summed E-state index contributed by atoms with van der Waals surface area (Å²) in [6.07, 6.45) is 1.36. The lowest BCUT2D eigenvalue weighted by molar-refractivity contribution is 0.575. The molecule has 0 aliphatic carbocycles. The standard InChI is InChI=1S/C8H14N4O2S/c1-6(2)11-15(13,14)12-7-3-4-8(9)10-5-7/h3-6,11-12H,1-2H3,(H2,9,10).